The molecule has 1 heterocycles. The van der Waals surface area contributed by atoms with E-state index in [1.54, 1.807) is 18.3 Å². The number of phenolic OH excluding ortho intramolecular Hbond substituents is 1. The smallest absolute Gasteiger partial charge is 0.169 e. The van der Waals surface area contributed by atoms with Crippen LogP contribution in [0.25, 0.3) is 22.0 Å². The lowest BCUT2D eigenvalue weighted by atomic mass is 9.93. The molecule has 6 heteroatoms. The van der Waals surface area contributed by atoms with Crippen molar-refractivity contribution in [2.75, 3.05) is 5.32 Å². The SMILES string of the molecule is O=C(c1cnc2ccc(-c3cc(Cl)c(O)c(Cl)c3)cc2c1NC1CCCCC1)C1CC1. The lowest BCUT2D eigenvalue weighted by molar-refractivity contribution is 0.0968. The molecular weight excluding hydrogens is 431 g/mol. The topological polar surface area (TPSA) is 62.2 Å². The van der Waals surface area contributed by atoms with Gasteiger partial charge < -0.3 is 10.4 Å². The van der Waals surface area contributed by atoms with Gasteiger partial charge in [0.2, 0.25) is 0 Å². The third kappa shape index (κ3) is 4.11. The van der Waals surface area contributed by atoms with E-state index in [2.05, 4.69) is 10.3 Å². The van der Waals surface area contributed by atoms with Gasteiger partial charge in [0.15, 0.2) is 11.5 Å². The van der Waals surface area contributed by atoms with E-state index in [-0.39, 0.29) is 27.5 Å². The fourth-order valence-electron chi connectivity index (χ4n) is 4.46. The van der Waals surface area contributed by atoms with Crippen molar-refractivity contribution in [3.05, 3.63) is 52.1 Å². The van der Waals surface area contributed by atoms with Crippen LogP contribution in [0.5, 0.6) is 5.75 Å². The van der Waals surface area contributed by atoms with Crippen LogP contribution in [0.2, 0.25) is 10.0 Å². The molecule has 2 saturated carbocycles. The number of pyridine rings is 1. The Hall–Kier alpha value is -2.30. The van der Waals surface area contributed by atoms with Crippen molar-refractivity contribution in [2.24, 2.45) is 5.92 Å². The monoisotopic (exact) mass is 454 g/mol. The van der Waals surface area contributed by atoms with E-state index in [0.717, 1.165) is 53.4 Å². The molecule has 0 bridgehead atoms. The van der Waals surface area contributed by atoms with Crippen LogP contribution >= 0.6 is 23.2 Å². The minimum Gasteiger partial charge on any atom is -0.505 e. The molecule has 0 amide bonds. The summed E-state index contributed by atoms with van der Waals surface area (Å²) in [4.78, 5) is 17.6. The number of halogens is 2. The molecule has 0 aliphatic heterocycles. The van der Waals surface area contributed by atoms with E-state index >= 15 is 0 Å². The molecule has 31 heavy (non-hydrogen) atoms. The molecule has 2 aliphatic carbocycles. The highest BCUT2D eigenvalue weighted by atomic mass is 35.5. The quantitative estimate of drug-likeness (QED) is 0.398. The van der Waals surface area contributed by atoms with Gasteiger partial charge in [-0.3, -0.25) is 9.78 Å². The number of aromatic hydroxyl groups is 1. The Morgan fingerprint density at radius 2 is 1.68 bits per heavy atom. The summed E-state index contributed by atoms with van der Waals surface area (Å²) in [5.41, 5.74) is 4.13. The highest BCUT2D eigenvalue weighted by Gasteiger charge is 2.33. The lowest BCUT2D eigenvalue weighted by Gasteiger charge is -2.26. The number of benzene rings is 2. The molecule has 0 saturated heterocycles. The van der Waals surface area contributed by atoms with Gasteiger partial charge in [0.1, 0.15) is 0 Å². The largest absolute Gasteiger partial charge is 0.505 e. The summed E-state index contributed by atoms with van der Waals surface area (Å²) in [5.74, 6) is 0.199. The molecule has 2 N–H and O–H groups in total. The van der Waals surface area contributed by atoms with Crippen LogP contribution in [0.4, 0.5) is 5.69 Å². The number of carbonyl (C=O) groups is 1. The van der Waals surface area contributed by atoms with Crippen molar-refractivity contribution in [1.82, 2.24) is 4.98 Å². The van der Waals surface area contributed by atoms with E-state index in [1.165, 1.54) is 19.3 Å². The second kappa shape index (κ2) is 8.33. The number of rotatable bonds is 5. The minimum absolute atomic E-state index is 0.119. The van der Waals surface area contributed by atoms with Crippen LogP contribution in [0, 0.1) is 5.92 Å². The third-order valence-electron chi connectivity index (χ3n) is 6.39. The maximum atomic E-state index is 13.1. The molecule has 0 unspecified atom stereocenters. The predicted molar refractivity (Wildman–Crippen MR) is 126 cm³/mol. The number of fused-ring (bicyclic) bond motifs is 1. The van der Waals surface area contributed by atoms with E-state index < -0.39 is 0 Å². The molecule has 160 valence electrons. The normalized spacial score (nSPS) is 17.1. The molecular formula is C25H24Cl2N2O2. The highest BCUT2D eigenvalue weighted by Crippen LogP contribution is 2.40. The number of phenols is 1. The van der Waals surface area contributed by atoms with Gasteiger partial charge in [0.25, 0.3) is 0 Å². The fraction of sp³-hybridized carbons (Fsp3) is 0.360. The zero-order chi connectivity index (χ0) is 21.5. The van der Waals surface area contributed by atoms with Gasteiger partial charge in [0.05, 0.1) is 26.8 Å². The maximum absolute atomic E-state index is 13.1. The summed E-state index contributed by atoms with van der Waals surface area (Å²) in [5, 5.41) is 15.0. The average Bonchev–Trinajstić information content (AvgIpc) is 3.63. The summed E-state index contributed by atoms with van der Waals surface area (Å²) in [6.45, 7) is 0. The number of aromatic nitrogens is 1. The number of ketones is 1. The first kappa shape index (κ1) is 20.6. The van der Waals surface area contributed by atoms with Gasteiger partial charge in [-0.2, -0.15) is 0 Å². The van der Waals surface area contributed by atoms with Crippen molar-refractivity contribution in [1.29, 1.82) is 0 Å². The first-order valence-corrected chi connectivity index (χ1v) is 11.7. The van der Waals surface area contributed by atoms with Crippen LogP contribution in [0.1, 0.15) is 55.3 Å². The number of Topliss-reactive ketones (excluding diaryl/α,β-unsaturated/α-hetero) is 1. The van der Waals surface area contributed by atoms with Crippen LogP contribution in [0.3, 0.4) is 0 Å². The molecule has 5 rings (SSSR count). The maximum Gasteiger partial charge on any atom is 0.169 e. The van der Waals surface area contributed by atoms with Gasteiger partial charge in [0, 0.05) is 23.5 Å². The number of nitrogens with one attached hydrogen (secondary N) is 1. The van der Waals surface area contributed by atoms with Crippen molar-refractivity contribution < 1.29 is 9.90 Å². The Morgan fingerprint density at radius 1 is 0.968 bits per heavy atom. The standard InChI is InChI=1S/C25H24Cl2N2O2/c26-20-11-16(12-21(27)25(20)31)15-8-9-22-18(10-15)23(29-17-4-2-1-3-5-17)19(13-28-22)24(30)14-6-7-14/h8-14,17,31H,1-7H2,(H,28,29). The Labute approximate surface area is 191 Å². The molecule has 0 spiro atoms. The van der Waals surface area contributed by atoms with Crippen molar-refractivity contribution in [2.45, 2.75) is 51.0 Å². The molecule has 1 aromatic heterocycles. The Kier molecular flexibility index (Phi) is 5.53. The molecule has 3 aromatic rings. The number of hydrogen-bond donors (Lipinski definition) is 2. The predicted octanol–water partition coefficient (Wildman–Crippen LogP) is 7.25. The molecule has 2 fully saturated rings. The van der Waals surface area contributed by atoms with Crippen molar-refractivity contribution in [3.8, 4) is 16.9 Å². The van der Waals surface area contributed by atoms with Gasteiger partial charge in [-0.25, -0.2) is 0 Å². The molecule has 0 atom stereocenters. The van der Waals surface area contributed by atoms with Gasteiger partial charge in [-0.15, -0.1) is 0 Å². The van der Waals surface area contributed by atoms with Gasteiger partial charge >= 0.3 is 0 Å². The first-order valence-electron chi connectivity index (χ1n) is 10.9. The summed E-state index contributed by atoms with van der Waals surface area (Å²) in [7, 11) is 0. The summed E-state index contributed by atoms with van der Waals surface area (Å²) in [6.07, 6.45) is 9.59. The lowest BCUT2D eigenvalue weighted by Crippen LogP contribution is -2.24. The Morgan fingerprint density at radius 3 is 2.35 bits per heavy atom. The van der Waals surface area contributed by atoms with Crippen LogP contribution < -0.4 is 5.32 Å². The first-order chi connectivity index (χ1) is 15.0. The summed E-state index contributed by atoms with van der Waals surface area (Å²) < 4.78 is 0. The second-order valence-corrected chi connectivity index (χ2v) is 9.50. The Balaban J connectivity index is 1.64. The third-order valence-corrected chi connectivity index (χ3v) is 6.96. The Bertz CT molecular complexity index is 1140. The van der Waals surface area contributed by atoms with Crippen LogP contribution in [-0.2, 0) is 0 Å². The van der Waals surface area contributed by atoms with Crippen molar-refractivity contribution >= 4 is 45.6 Å². The minimum atomic E-state index is -0.119. The number of carbonyl (C=O) groups excluding carboxylic acids is 1. The molecule has 4 nitrogen and oxygen atoms in total. The van der Waals surface area contributed by atoms with E-state index in [9.17, 15) is 9.90 Å². The van der Waals surface area contributed by atoms with E-state index in [4.69, 9.17) is 23.2 Å². The fourth-order valence-corrected chi connectivity index (χ4v) is 4.95. The second-order valence-electron chi connectivity index (χ2n) is 8.69. The highest BCUT2D eigenvalue weighted by molar-refractivity contribution is 6.37. The molecule has 2 aliphatic rings. The number of anilines is 1. The summed E-state index contributed by atoms with van der Waals surface area (Å²) in [6, 6.07) is 9.72. The zero-order valence-corrected chi connectivity index (χ0v) is 18.6. The van der Waals surface area contributed by atoms with E-state index in [0.29, 0.717) is 11.6 Å². The number of hydrogen-bond acceptors (Lipinski definition) is 4. The zero-order valence-electron chi connectivity index (χ0n) is 17.1. The van der Waals surface area contributed by atoms with Crippen LogP contribution in [-0.4, -0.2) is 21.9 Å². The molecule has 2 aromatic carbocycles. The summed E-state index contributed by atoms with van der Waals surface area (Å²) >= 11 is 12.3. The van der Waals surface area contributed by atoms with Gasteiger partial charge in [-0.1, -0.05) is 48.5 Å². The van der Waals surface area contributed by atoms with E-state index in [1.807, 2.05) is 18.2 Å². The van der Waals surface area contributed by atoms with Gasteiger partial charge in [-0.05, 0) is 61.1 Å². The van der Waals surface area contributed by atoms with Crippen molar-refractivity contribution in [3.63, 3.8) is 0 Å². The average molecular weight is 455 g/mol. The van der Waals surface area contributed by atoms with Crippen LogP contribution in [0.15, 0.2) is 36.5 Å². The molecule has 0 radical (unpaired) electrons. The number of nitrogens with zero attached hydrogens (tertiary/aromatic N) is 1.